The van der Waals surface area contributed by atoms with E-state index in [1.54, 1.807) is 11.3 Å². The van der Waals surface area contributed by atoms with Gasteiger partial charge in [-0.25, -0.2) is 0 Å². The van der Waals surface area contributed by atoms with Crippen molar-refractivity contribution in [1.29, 1.82) is 0 Å². The maximum absolute atomic E-state index is 12.5. The molecular formula is C12H14BrNO2S. The highest BCUT2D eigenvalue weighted by atomic mass is 79.9. The number of amides is 1. The Hall–Kier alpha value is -0.390. The SMILES string of the molecule is CC1(c2ccc(Br)s2)OCCN(C2CC2)C1=O. The highest BCUT2D eigenvalue weighted by Gasteiger charge is 2.47. The third kappa shape index (κ3) is 1.94. The van der Waals surface area contributed by atoms with Gasteiger partial charge in [-0.05, 0) is 47.8 Å². The van der Waals surface area contributed by atoms with Gasteiger partial charge in [-0.15, -0.1) is 11.3 Å². The number of rotatable bonds is 2. The Labute approximate surface area is 113 Å². The molecule has 17 heavy (non-hydrogen) atoms. The van der Waals surface area contributed by atoms with Gasteiger partial charge in [0, 0.05) is 17.5 Å². The van der Waals surface area contributed by atoms with Crippen LogP contribution in [-0.4, -0.2) is 30.0 Å². The molecule has 5 heteroatoms. The molecule has 3 rings (SSSR count). The zero-order valence-corrected chi connectivity index (χ0v) is 12.0. The average molecular weight is 316 g/mol. The number of hydrogen-bond acceptors (Lipinski definition) is 3. The third-order valence-corrected chi connectivity index (χ3v) is 5.25. The van der Waals surface area contributed by atoms with Crippen molar-refractivity contribution in [2.24, 2.45) is 0 Å². The lowest BCUT2D eigenvalue weighted by Gasteiger charge is -2.39. The molecule has 2 heterocycles. The van der Waals surface area contributed by atoms with Crippen molar-refractivity contribution in [2.75, 3.05) is 13.2 Å². The van der Waals surface area contributed by atoms with Crippen LogP contribution in [-0.2, 0) is 15.1 Å². The van der Waals surface area contributed by atoms with Crippen LogP contribution in [0.15, 0.2) is 15.9 Å². The van der Waals surface area contributed by atoms with Crippen LogP contribution in [0.3, 0.4) is 0 Å². The lowest BCUT2D eigenvalue weighted by atomic mass is 10.0. The number of nitrogens with zero attached hydrogens (tertiary/aromatic N) is 1. The van der Waals surface area contributed by atoms with Crippen molar-refractivity contribution in [3.8, 4) is 0 Å². The predicted octanol–water partition coefficient (Wildman–Crippen LogP) is 2.75. The summed E-state index contributed by atoms with van der Waals surface area (Å²) in [4.78, 5) is 15.5. The summed E-state index contributed by atoms with van der Waals surface area (Å²) in [6, 6.07) is 4.41. The molecule has 1 aromatic heterocycles. The number of ether oxygens (including phenoxy) is 1. The second-order valence-electron chi connectivity index (χ2n) is 4.72. The van der Waals surface area contributed by atoms with Crippen molar-refractivity contribution in [3.05, 3.63) is 20.8 Å². The van der Waals surface area contributed by atoms with Gasteiger partial charge >= 0.3 is 0 Å². The van der Waals surface area contributed by atoms with E-state index >= 15 is 0 Å². The Morgan fingerprint density at radius 2 is 2.29 bits per heavy atom. The Bertz CT molecular complexity index is 457. The van der Waals surface area contributed by atoms with Crippen molar-refractivity contribution in [2.45, 2.75) is 31.4 Å². The quantitative estimate of drug-likeness (QED) is 0.840. The van der Waals surface area contributed by atoms with Gasteiger partial charge in [-0.3, -0.25) is 4.79 Å². The monoisotopic (exact) mass is 315 g/mol. The smallest absolute Gasteiger partial charge is 0.260 e. The average Bonchev–Trinajstić information content (AvgIpc) is 3.05. The molecule has 0 radical (unpaired) electrons. The van der Waals surface area contributed by atoms with Gasteiger partial charge in [0.25, 0.3) is 5.91 Å². The molecule has 2 aliphatic rings. The maximum Gasteiger partial charge on any atom is 0.260 e. The molecule has 0 aromatic carbocycles. The second-order valence-corrected chi connectivity index (χ2v) is 7.18. The zero-order chi connectivity index (χ0) is 12.0. The van der Waals surface area contributed by atoms with Crippen LogP contribution in [0.1, 0.15) is 24.6 Å². The first kappa shape index (κ1) is 11.7. The molecule has 1 aliphatic heterocycles. The van der Waals surface area contributed by atoms with E-state index in [1.165, 1.54) is 0 Å². The van der Waals surface area contributed by atoms with E-state index in [0.717, 1.165) is 28.0 Å². The second kappa shape index (κ2) is 4.07. The van der Waals surface area contributed by atoms with Crippen molar-refractivity contribution >= 4 is 33.2 Å². The fourth-order valence-electron chi connectivity index (χ4n) is 2.27. The van der Waals surface area contributed by atoms with Gasteiger partial charge in [-0.2, -0.15) is 0 Å². The summed E-state index contributed by atoms with van der Waals surface area (Å²) in [5.74, 6) is 0.126. The molecule has 92 valence electrons. The Kier molecular flexibility index (Phi) is 2.80. The minimum absolute atomic E-state index is 0.126. The van der Waals surface area contributed by atoms with Gasteiger partial charge in [0.1, 0.15) is 0 Å². The maximum atomic E-state index is 12.5. The molecule has 1 atom stereocenters. The van der Waals surface area contributed by atoms with E-state index in [4.69, 9.17) is 4.74 Å². The van der Waals surface area contributed by atoms with Crippen LogP contribution in [0.5, 0.6) is 0 Å². The standard InChI is InChI=1S/C12H14BrNO2S/c1-12(9-4-5-10(13)17-9)11(15)14(6-7-16-12)8-2-3-8/h4-5,8H,2-3,6-7H2,1H3. The number of morpholine rings is 1. The summed E-state index contributed by atoms with van der Waals surface area (Å²) < 4.78 is 6.82. The van der Waals surface area contributed by atoms with Crippen molar-refractivity contribution in [1.82, 2.24) is 4.90 Å². The Balaban J connectivity index is 1.92. The molecular weight excluding hydrogens is 302 g/mol. The highest BCUT2D eigenvalue weighted by Crippen LogP contribution is 2.40. The van der Waals surface area contributed by atoms with Crippen LogP contribution in [0.25, 0.3) is 0 Å². The first-order chi connectivity index (χ1) is 8.11. The summed E-state index contributed by atoms with van der Waals surface area (Å²) in [5.41, 5.74) is -0.780. The van der Waals surface area contributed by atoms with E-state index in [-0.39, 0.29) is 5.91 Å². The van der Waals surface area contributed by atoms with E-state index in [1.807, 2.05) is 24.0 Å². The summed E-state index contributed by atoms with van der Waals surface area (Å²) >= 11 is 5.01. The minimum atomic E-state index is -0.780. The van der Waals surface area contributed by atoms with Gasteiger partial charge < -0.3 is 9.64 Å². The predicted molar refractivity (Wildman–Crippen MR) is 70.1 cm³/mol. The topological polar surface area (TPSA) is 29.5 Å². The lowest BCUT2D eigenvalue weighted by molar-refractivity contribution is -0.171. The first-order valence-corrected chi connectivity index (χ1v) is 7.43. The highest BCUT2D eigenvalue weighted by molar-refractivity contribution is 9.11. The fourth-order valence-corrected chi connectivity index (χ4v) is 3.75. The Morgan fingerprint density at radius 1 is 1.53 bits per heavy atom. The summed E-state index contributed by atoms with van der Waals surface area (Å²) in [6.07, 6.45) is 2.30. The lowest BCUT2D eigenvalue weighted by Crippen LogP contribution is -2.53. The van der Waals surface area contributed by atoms with E-state index in [9.17, 15) is 4.79 Å². The van der Waals surface area contributed by atoms with Crippen LogP contribution in [0.4, 0.5) is 0 Å². The molecule has 0 bridgehead atoms. The molecule has 2 fully saturated rings. The largest absolute Gasteiger partial charge is 0.358 e. The van der Waals surface area contributed by atoms with Crippen molar-refractivity contribution in [3.63, 3.8) is 0 Å². The normalized spacial score (nSPS) is 29.8. The van der Waals surface area contributed by atoms with Crippen LogP contribution >= 0.6 is 27.3 Å². The fraction of sp³-hybridized carbons (Fsp3) is 0.583. The molecule has 0 N–H and O–H groups in total. The molecule has 0 spiro atoms. The van der Waals surface area contributed by atoms with Crippen LogP contribution in [0.2, 0.25) is 0 Å². The molecule has 1 saturated carbocycles. The van der Waals surface area contributed by atoms with Gasteiger partial charge in [0.15, 0.2) is 5.60 Å². The van der Waals surface area contributed by atoms with Gasteiger partial charge in [-0.1, -0.05) is 0 Å². The van der Waals surface area contributed by atoms with E-state index in [2.05, 4.69) is 15.9 Å². The zero-order valence-electron chi connectivity index (χ0n) is 9.61. The van der Waals surface area contributed by atoms with E-state index < -0.39 is 5.60 Å². The number of thiophene rings is 1. The third-order valence-electron chi connectivity index (χ3n) is 3.42. The van der Waals surface area contributed by atoms with Crippen LogP contribution < -0.4 is 0 Å². The molecule has 1 aliphatic carbocycles. The van der Waals surface area contributed by atoms with Crippen LogP contribution in [0, 0.1) is 0 Å². The molecule has 1 aromatic rings. The molecule has 1 unspecified atom stereocenters. The summed E-state index contributed by atoms with van der Waals surface area (Å²) in [5, 5.41) is 0. The molecule has 1 saturated heterocycles. The number of carbonyl (C=O) groups excluding carboxylic acids is 1. The number of halogens is 1. The Morgan fingerprint density at radius 3 is 2.88 bits per heavy atom. The van der Waals surface area contributed by atoms with Gasteiger partial charge in [0.05, 0.1) is 10.4 Å². The van der Waals surface area contributed by atoms with Gasteiger partial charge in [0.2, 0.25) is 0 Å². The minimum Gasteiger partial charge on any atom is -0.358 e. The van der Waals surface area contributed by atoms with E-state index in [0.29, 0.717) is 12.6 Å². The summed E-state index contributed by atoms with van der Waals surface area (Å²) in [6.45, 7) is 3.27. The number of hydrogen-bond donors (Lipinski definition) is 0. The molecule has 1 amide bonds. The first-order valence-electron chi connectivity index (χ1n) is 5.82. The molecule has 3 nitrogen and oxygen atoms in total. The summed E-state index contributed by atoms with van der Waals surface area (Å²) in [7, 11) is 0. The number of carbonyl (C=O) groups is 1. The van der Waals surface area contributed by atoms with Crippen molar-refractivity contribution < 1.29 is 9.53 Å².